The Bertz CT molecular complexity index is 1080. The Balaban J connectivity index is 1.51. The second-order valence-electron chi connectivity index (χ2n) is 7.93. The number of hydrogen-bond acceptors (Lipinski definition) is 3. The average Bonchev–Trinajstić information content (AvgIpc) is 3.07. The van der Waals surface area contributed by atoms with Crippen molar-refractivity contribution in [1.29, 1.82) is 0 Å². The van der Waals surface area contributed by atoms with Gasteiger partial charge in [-0.05, 0) is 61.2 Å². The molecule has 1 amide bonds. The molecule has 1 saturated carbocycles. The summed E-state index contributed by atoms with van der Waals surface area (Å²) >= 11 is 5.98. The lowest BCUT2D eigenvalue weighted by Crippen LogP contribution is -2.45. The molecule has 6 nitrogen and oxygen atoms in total. The number of amides is 1. The van der Waals surface area contributed by atoms with E-state index < -0.39 is 15.4 Å². The first-order valence-electron chi connectivity index (χ1n) is 10.0. The molecule has 0 radical (unpaired) electrons. The largest absolute Gasteiger partial charge is 0.362 e. The van der Waals surface area contributed by atoms with E-state index in [1.54, 1.807) is 24.3 Å². The van der Waals surface area contributed by atoms with Crippen LogP contribution in [-0.2, 0) is 20.2 Å². The first kappa shape index (κ1) is 20.9. The van der Waals surface area contributed by atoms with E-state index in [0.717, 1.165) is 37.8 Å². The van der Waals surface area contributed by atoms with E-state index in [-0.39, 0.29) is 10.8 Å². The number of rotatable bonds is 5. The minimum Gasteiger partial charge on any atom is -0.362 e. The molecule has 2 aliphatic rings. The Morgan fingerprint density at radius 2 is 1.73 bits per heavy atom. The first-order chi connectivity index (χ1) is 14.3. The highest BCUT2D eigenvalue weighted by Gasteiger charge is 2.45. The third-order valence-electron chi connectivity index (χ3n) is 6.01. The van der Waals surface area contributed by atoms with Crippen LogP contribution in [0.4, 0.5) is 5.69 Å². The van der Waals surface area contributed by atoms with Crippen LogP contribution in [0.15, 0.2) is 57.8 Å². The van der Waals surface area contributed by atoms with Gasteiger partial charge in [-0.2, -0.15) is 8.42 Å². The van der Waals surface area contributed by atoms with Crippen molar-refractivity contribution in [3.63, 3.8) is 0 Å². The summed E-state index contributed by atoms with van der Waals surface area (Å²) in [4.78, 5) is 15.0. The molecule has 1 heterocycles. The Morgan fingerprint density at radius 3 is 2.27 bits per heavy atom. The summed E-state index contributed by atoms with van der Waals surface area (Å²) in [6.45, 7) is 0.814. The number of sulfonamides is 1. The highest BCUT2D eigenvalue weighted by atomic mass is 35.5. The van der Waals surface area contributed by atoms with Gasteiger partial charge >= 0.3 is 0 Å². The maximum atomic E-state index is 13.1. The van der Waals surface area contributed by atoms with Crippen molar-refractivity contribution >= 4 is 39.1 Å². The molecule has 4 rings (SSSR count). The lowest BCUT2D eigenvalue weighted by molar-refractivity contribution is -0.124. The molecule has 8 heteroatoms. The van der Waals surface area contributed by atoms with Crippen molar-refractivity contribution in [2.45, 2.75) is 42.4 Å². The number of carbonyl (C=O) groups excluding carboxylic acids is 1. The molecule has 30 heavy (non-hydrogen) atoms. The number of carbonyl (C=O) groups is 1. The van der Waals surface area contributed by atoms with Crippen LogP contribution in [0, 0.1) is 0 Å². The highest BCUT2D eigenvalue weighted by molar-refractivity contribution is 7.90. The van der Waals surface area contributed by atoms with Gasteiger partial charge in [0, 0.05) is 30.7 Å². The molecular weight excluding hydrogens is 422 g/mol. The molecule has 1 saturated heterocycles. The molecular formula is C22H24ClN3O3S. The van der Waals surface area contributed by atoms with Gasteiger partial charge in [0.2, 0.25) is 5.91 Å². The van der Waals surface area contributed by atoms with Gasteiger partial charge in [0.05, 0.1) is 10.3 Å². The van der Waals surface area contributed by atoms with Crippen LogP contribution < -0.4 is 5.32 Å². The number of likely N-dealkylation sites (tertiary alicyclic amines) is 1. The highest BCUT2D eigenvalue weighted by Crippen LogP contribution is 2.44. The quantitative estimate of drug-likeness (QED) is 0.747. The Morgan fingerprint density at radius 1 is 1.07 bits per heavy atom. The maximum absolute atomic E-state index is 13.1. The summed E-state index contributed by atoms with van der Waals surface area (Å²) < 4.78 is 29.1. The summed E-state index contributed by atoms with van der Waals surface area (Å²) in [6.07, 6.45) is 4.11. The van der Waals surface area contributed by atoms with Crippen molar-refractivity contribution in [3.8, 4) is 0 Å². The molecule has 0 aromatic heterocycles. The lowest BCUT2D eigenvalue weighted by Gasteiger charge is -2.40. The first-order valence-corrected chi connectivity index (χ1v) is 11.8. The summed E-state index contributed by atoms with van der Waals surface area (Å²) in [6, 6.07) is 13.6. The molecule has 2 fully saturated rings. The monoisotopic (exact) mass is 445 g/mol. The molecule has 1 aliphatic heterocycles. The molecule has 0 spiro atoms. The van der Waals surface area contributed by atoms with Gasteiger partial charge in [0.15, 0.2) is 0 Å². The van der Waals surface area contributed by atoms with Gasteiger partial charge in [0.25, 0.3) is 10.0 Å². The SMILES string of the molecule is CN1CCC/C1=N/S(=O)(=O)c1ccc(NC(=O)C2(c3ccc(Cl)cc3)CCC2)cc1. The fourth-order valence-electron chi connectivity index (χ4n) is 4.01. The summed E-state index contributed by atoms with van der Waals surface area (Å²) in [5.74, 6) is 0.502. The van der Waals surface area contributed by atoms with E-state index in [2.05, 4.69) is 9.71 Å². The molecule has 0 bridgehead atoms. The predicted octanol–water partition coefficient (Wildman–Crippen LogP) is 4.21. The van der Waals surface area contributed by atoms with Gasteiger partial charge in [0.1, 0.15) is 5.84 Å². The molecule has 0 unspecified atom stereocenters. The molecule has 2 aromatic rings. The lowest BCUT2D eigenvalue weighted by atomic mass is 9.64. The number of hydrogen-bond donors (Lipinski definition) is 1. The average molecular weight is 446 g/mol. The minimum absolute atomic E-state index is 0.0838. The fourth-order valence-corrected chi connectivity index (χ4v) is 5.23. The van der Waals surface area contributed by atoms with Gasteiger partial charge in [-0.3, -0.25) is 4.79 Å². The zero-order valence-electron chi connectivity index (χ0n) is 16.8. The zero-order valence-corrected chi connectivity index (χ0v) is 18.3. The summed E-state index contributed by atoms with van der Waals surface area (Å²) in [5, 5.41) is 3.58. The molecule has 158 valence electrons. The van der Waals surface area contributed by atoms with E-state index in [4.69, 9.17) is 11.6 Å². The van der Waals surface area contributed by atoms with E-state index in [1.807, 2.05) is 24.1 Å². The molecule has 1 N–H and O–H groups in total. The number of halogens is 1. The number of anilines is 1. The Hall–Kier alpha value is -2.38. The van der Waals surface area contributed by atoms with Crippen LogP contribution in [0.3, 0.4) is 0 Å². The van der Waals surface area contributed by atoms with E-state index in [9.17, 15) is 13.2 Å². The standard InChI is InChI=1S/C22H24ClN3O3S/c1-26-15-2-4-20(26)25-30(28,29)19-11-9-18(10-12-19)24-21(27)22(13-3-14-22)16-5-7-17(23)8-6-16/h5-12H,2-4,13-15H2,1H3,(H,24,27)/b25-20-. The van der Waals surface area contributed by atoms with Crippen LogP contribution in [0.5, 0.6) is 0 Å². The van der Waals surface area contributed by atoms with E-state index >= 15 is 0 Å². The van der Waals surface area contributed by atoms with Crippen molar-refractivity contribution in [3.05, 3.63) is 59.1 Å². The van der Waals surface area contributed by atoms with Crippen LogP contribution >= 0.6 is 11.6 Å². The number of benzene rings is 2. The molecule has 2 aromatic carbocycles. The maximum Gasteiger partial charge on any atom is 0.283 e. The van der Waals surface area contributed by atoms with Crippen LogP contribution in [0.1, 0.15) is 37.7 Å². The van der Waals surface area contributed by atoms with Crippen molar-refractivity contribution in [1.82, 2.24) is 4.90 Å². The van der Waals surface area contributed by atoms with Crippen LogP contribution in [0.25, 0.3) is 0 Å². The molecule has 1 aliphatic carbocycles. The Kier molecular flexibility index (Phi) is 5.59. The number of amidine groups is 1. The van der Waals surface area contributed by atoms with Crippen LogP contribution in [0.2, 0.25) is 5.02 Å². The topological polar surface area (TPSA) is 78.8 Å². The second-order valence-corrected chi connectivity index (χ2v) is 9.97. The third-order valence-corrected chi connectivity index (χ3v) is 7.58. The predicted molar refractivity (Wildman–Crippen MR) is 119 cm³/mol. The van der Waals surface area contributed by atoms with Crippen molar-refractivity contribution in [2.75, 3.05) is 18.9 Å². The minimum atomic E-state index is -3.77. The van der Waals surface area contributed by atoms with E-state index in [1.165, 1.54) is 12.1 Å². The zero-order chi connectivity index (χ0) is 21.4. The third kappa shape index (κ3) is 3.96. The normalized spacial score (nSPS) is 19.5. The number of nitrogens with zero attached hydrogens (tertiary/aromatic N) is 2. The fraction of sp³-hybridized carbons (Fsp3) is 0.364. The smallest absolute Gasteiger partial charge is 0.283 e. The number of nitrogens with one attached hydrogen (secondary N) is 1. The van der Waals surface area contributed by atoms with Crippen molar-refractivity contribution < 1.29 is 13.2 Å². The van der Waals surface area contributed by atoms with E-state index in [0.29, 0.717) is 23.0 Å². The van der Waals surface area contributed by atoms with Crippen LogP contribution in [-0.4, -0.2) is 38.7 Å². The molecule has 0 atom stereocenters. The van der Waals surface area contributed by atoms with Gasteiger partial charge in [-0.25, -0.2) is 0 Å². The summed E-state index contributed by atoms with van der Waals surface area (Å²) in [5.41, 5.74) is 0.949. The van der Waals surface area contributed by atoms with Gasteiger partial charge < -0.3 is 10.2 Å². The Labute approximate surface area is 182 Å². The van der Waals surface area contributed by atoms with Crippen molar-refractivity contribution in [2.24, 2.45) is 4.40 Å². The second kappa shape index (κ2) is 8.04. The van der Waals surface area contributed by atoms with Gasteiger partial charge in [-0.1, -0.05) is 30.2 Å². The summed E-state index contributed by atoms with van der Waals surface area (Å²) in [7, 11) is -1.93. The van der Waals surface area contributed by atoms with Gasteiger partial charge in [-0.15, -0.1) is 4.40 Å².